The predicted molar refractivity (Wildman–Crippen MR) is 89.3 cm³/mol. The number of imidazole rings is 1. The number of halogens is 1. The maximum atomic E-state index is 12.8. The summed E-state index contributed by atoms with van der Waals surface area (Å²) in [6.45, 7) is 6.38. The van der Waals surface area contributed by atoms with Gasteiger partial charge in [-0.15, -0.1) is 0 Å². The van der Waals surface area contributed by atoms with E-state index in [0.717, 1.165) is 15.9 Å². The molecule has 2 heterocycles. The fraction of sp³-hybridized carbons (Fsp3) is 0.643. The van der Waals surface area contributed by atoms with E-state index >= 15 is 0 Å². The van der Waals surface area contributed by atoms with Crippen LogP contribution in [-0.2, 0) is 4.79 Å². The number of hydrogen-bond donors (Lipinski definition) is 3. The number of carbonyl (C=O) groups excluding carboxylic acids is 1. The molecule has 3 N–H and O–H groups in total. The van der Waals surface area contributed by atoms with E-state index in [2.05, 4.69) is 44.8 Å². The lowest BCUT2D eigenvalue weighted by Gasteiger charge is -2.29. The summed E-state index contributed by atoms with van der Waals surface area (Å²) < 4.78 is 0.920. The van der Waals surface area contributed by atoms with Gasteiger partial charge < -0.3 is 20.3 Å². The van der Waals surface area contributed by atoms with Gasteiger partial charge in [0, 0.05) is 6.54 Å². The number of hydrogen-bond acceptors (Lipinski definition) is 3. The Balaban J connectivity index is 2.23. The molecule has 1 aromatic heterocycles. The van der Waals surface area contributed by atoms with Gasteiger partial charge in [-0.2, -0.15) is 0 Å². The van der Waals surface area contributed by atoms with Crippen molar-refractivity contribution < 1.29 is 14.7 Å². The third-order valence-electron chi connectivity index (χ3n) is 3.89. The van der Waals surface area contributed by atoms with Gasteiger partial charge in [-0.25, -0.2) is 9.78 Å². The maximum Gasteiger partial charge on any atom is 0.405 e. The van der Waals surface area contributed by atoms with Gasteiger partial charge in [-0.1, -0.05) is 20.8 Å². The molecule has 1 aliphatic heterocycles. The molecule has 1 aromatic rings. The molecule has 1 saturated heterocycles. The lowest BCUT2D eigenvalue weighted by molar-refractivity contribution is -0.135. The molecule has 1 fully saturated rings. The van der Waals surface area contributed by atoms with Crippen molar-refractivity contribution in [3.63, 3.8) is 0 Å². The molecule has 0 unspecified atom stereocenters. The number of nitrogens with one attached hydrogen (secondary N) is 2. The Kier molecular flexibility index (Phi) is 5.30. The molecule has 2 rings (SSSR count). The van der Waals surface area contributed by atoms with Gasteiger partial charge in [-0.05, 0) is 40.8 Å². The number of likely N-dealkylation sites (tertiary alicyclic amines) is 1. The second-order valence-corrected chi connectivity index (χ2v) is 7.30. The standard InChI is InChI=1S/C14H21IN4O3/c1-7(2)11(18-14(21)22)13(20)19-6-8(3)4-9(19)12-16-5-10(15)17-12/h5,7-9,11,18H,4,6H2,1-3H3,(H,16,17)(H,21,22)/t8-,9-,11-/m0/s1. The van der Waals surface area contributed by atoms with Crippen LogP contribution in [0.4, 0.5) is 4.79 Å². The number of carboxylic acid groups (broad SMARTS) is 1. The van der Waals surface area contributed by atoms with Crippen molar-refractivity contribution in [1.82, 2.24) is 20.2 Å². The first-order chi connectivity index (χ1) is 10.3. The van der Waals surface area contributed by atoms with E-state index < -0.39 is 12.1 Å². The van der Waals surface area contributed by atoms with Crippen molar-refractivity contribution in [2.45, 2.75) is 39.3 Å². The van der Waals surface area contributed by atoms with Crippen molar-refractivity contribution in [2.75, 3.05) is 6.54 Å². The molecular formula is C14H21IN4O3. The Morgan fingerprint density at radius 3 is 2.73 bits per heavy atom. The van der Waals surface area contributed by atoms with E-state index in [-0.39, 0.29) is 17.9 Å². The molecule has 1 aliphatic rings. The van der Waals surface area contributed by atoms with Crippen molar-refractivity contribution >= 4 is 34.6 Å². The summed E-state index contributed by atoms with van der Waals surface area (Å²) in [5.41, 5.74) is 0. The number of H-pyrrole nitrogens is 1. The number of carbonyl (C=O) groups is 2. The largest absolute Gasteiger partial charge is 0.465 e. The van der Waals surface area contributed by atoms with Gasteiger partial charge in [-0.3, -0.25) is 4.79 Å². The molecule has 0 aromatic carbocycles. The molecule has 0 aliphatic carbocycles. The van der Waals surface area contributed by atoms with E-state index in [1.54, 1.807) is 11.1 Å². The smallest absolute Gasteiger partial charge is 0.405 e. The molecule has 8 heteroatoms. The Labute approximate surface area is 143 Å². The molecule has 3 atom stereocenters. The highest BCUT2D eigenvalue weighted by molar-refractivity contribution is 14.1. The molecule has 22 heavy (non-hydrogen) atoms. The number of amides is 2. The second kappa shape index (κ2) is 6.84. The van der Waals surface area contributed by atoms with E-state index in [1.165, 1.54) is 0 Å². The minimum absolute atomic E-state index is 0.114. The van der Waals surface area contributed by atoms with Crippen LogP contribution in [0, 0.1) is 15.5 Å². The SMILES string of the molecule is CC(C)[C@H](NC(=O)O)C(=O)N1C[C@@H](C)C[C@H]1c1ncc(I)[nH]1. The van der Waals surface area contributed by atoms with Crippen molar-refractivity contribution in [3.8, 4) is 0 Å². The summed E-state index contributed by atoms with van der Waals surface area (Å²) in [5.74, 6) is 0.823. The average molecular weight is 420 g/mol. The third-order valence-corrected chi connectivity index (χ3v) is 4.43. The van der Waals surface area contributed by atoms with Crippen LogP contribution in [-0.4, -0.2) is 44.6 Å². The zero-order chi connectivity index (χ0) is 16.4. The van der Waals surface area contributed by atoms with Gasteiger partial charge in [0.2, 0.25) is 5.91 Å². The third kappa shape index (κ3) is 3.71. The minimum atomic E-state index is -1.18. The topological polar surface area (TPSA) is 98.3 Å². The predicted octanol–water partition coefficient (Wildman–Crippen LogP) is 2.22. The molecule has 2 amide bonds. The van der Waals surface area contributed by atoms with Crippen LogP contribution in [0.5, 0.6) is 0 Å². The monoisotopic (exact) mass is 420 g/mol. The highest BCUT2D eigenvalue weighted by Crippen LogP contribution is 2.34. The molecule has 122 valence electrons. The van der Waals surface area contributed by atoms with Gasteiger partial charge in [0.05, 0.1) is 15.9 Å². The fourth-order valence-corrected chi connectivity index (χ4v) is 3.27. The van der Waals surface area contributed by atoms with Crippen LogP contribution in [0.2, 0.25) is 0 Å². The number of aromatic nitrogens is 2. The lowest BCUT2D eigenvalue weighted by Crippen LogP contribution is -2.50. The molecule has 7 nitrogen and oxygen atoms in total. The minimum Gasteiger partial charge on any atom is -0.465 e. The average Bonchev–Trinajstić information content (AvgIpc) is 3.00. The van der Waals surface area contributed by atoms with Crippen molar-refractivity contribution in [1.29, 1.82) is 0 Å². The Morgan fingerprint density at radius 2 is 2.23 bits per heavy atom. The normalized spacial score (nSPS) is 22.9. The summed E-state index contributed by atoms with van der Waals surface area (Å²) in [7, 11) is 0. The Hall–Kier alpha value is -1.32. The van der Waals surface area contributed by atoms with Crippen LogP contribution in [0.15, 0.2) is 6.20 Å². The highest BCUT2D eigenvalue weighted by Gasteiger charge is 2.39. The quantitative estimate of drug-likeness (QED) is 0.651. The van der Waals surface area contributed by atoms with Gasteiger partial charge in [0.1, 0.15) is 11.9 Å². The molecular weight excluding hydrogens is 399 g/mol. The molecule has 0 radical (unpaired) electrons. The van der Waals surface area contributed by atoms with Crippen LogP contribution < -0.4 is 5.32 Å². The summed E-state index contributed by atoms with van der Waals surface area (Å²) in [5, 5.41) is 11.3. The number of rotatable bonds is 4. The van der Waals surface area contributed by atoms with E-state index in [9.17, 15) is 9.59 Å². The van der Waals surface area contributed by atoms with Gasteiger partial charge in [0.25, 0.3) is 0 Å². The second-order valence-electron chi connectivity index (χ2n) is 6.13. The van der Waals surface area contributed by atoms with Gasteiger partial charge in [0.15, 0.2) is 0 Å². The molecule has 0 saturated carbocycles. The van der Waals surface area contributed by atoms with E-state index in [4.69, 9.17) is 5.11 Å². The summed E-state index contributed by atoms with van der Waals surface area (Å²) >= 11 is 2.15. The van der Waals surface area contributed by atoms with Gasteiger partial charge >= 0.3 is 6.09 Å². The molecule has 0 bridgehead atoms. The first-order valence-corrected chi connectivity index (χ1v) is 8.37. The molecule has 0 spiro atoms. The first kappa shape index (κ1) is 17.0. The van der Waals surface area contributed by atoms with Crippen LogP contribution in [0.3, 0.4) is 0 Å². The Bertz CT molecular complexity index is 560. The zero-order valence-electron chi connectivity index (χ0n) is 12.8. The zero-order valence-corrected chi connectivity index (χ0v) is 15.0. The van der Waals surface area contributed by atoms with E-state index in [0.29, 0.717) is 12.5 Å². The summed E-state index contributed by atoms with van der Waals surface area (Å²) in [6.07, 6.45) is 1.38. The van der Waals surface area contributed by atoms with Crippen LogP contribution in [0.1, 0.15) is 39.1 Å². The van der Waals surface area contributed by atoms with Crippen molar-refractivity contribution in [3.05, 3.63) is 15.7 Å². The van der Waals surface area contributed by atoms with Crippen LogP contribution in [0.25, 0.3) is 0 Å². The number of aromatic amines is 1. The lowest BCUT2D eigenvalue weighted by atomic mass is 10.0. The van der Waals surface area contributed by atoms with Crippen molar-refractivity contribution in [2.24, 2.45) is 11.8 Å². The fourth-order valence-electron chi connectivity index (χ4n) is 2.86. The maximum absolute atomic E-state index is 12.8. The Morgan fingerprint density at radius 1 is 1.55 bits per heavy atom. The van der Waals surface area contributed by atoms with Crippen LogP contribution >= 0.6 is 22.6 Å². The first-order valence-electron chi connectivity index (χ1n) is 7.30. The van der Waals surface area contributed by atoms with E-state index in [1.807, 2.05) is 13.8 Å². The highest BCUT2D eigenvalue weighted by atomic mass is 127. The number of nitrogens with zero attached hydrogens (tertiary/aromatic N) is 2. The summed E-state index contributed by atoms with van der Waals surface area (Å²) in [6, 6.07) is -0.859. The summed E-state index contributed by atoms with van der Waals surface area (Å²) in [4.78, 5) is 33.0.